The third kappa shape index (κ3) is 2.83. The van der Waals surface area contributed by atoms with E-state index in [1.807, 2.05) is 4.72 Å². The van der Waals surface area contributed by atoms with Gasteiger partial charge >= 0.3 is 0 Å². The standard InChI is InChI=1S/C14H12FN5O3S/c1-2-13(21)19-24(22,23)10-3-4-12(11(15)5-10)20-14-9(7-18-20)6-16-8-17-14/h3-8H,2H2,1H3,(H,19,21). The molecule has 0 aliphatic rings. The van der Waals surface area contributed by atoms with Gasteiger partial charge in [0, 0.05) is 12.6 Å². The highest BCUT2D eigenvalue weighted by atomic mass is 32.2. The molecule has 2 aromatic heterocycles. The van der Waals surface area contributed by atoms with Crippen molar-refractivity contribution in [2.75, 3.05) is 0 Å². The van der Waals surface area contributed by atoms with Gasteiger partial charge in [0.2, 0.25) is 5.91 Å². The van der Waals surface area contributed by atoms with Crippen molar-refractivity contribution in [3.8, 4) is 5.69 Å². The molecule has 124 valence electrons. The Morgan fingerprint density at radius 1 is 1.33 bits per heavy atom. The van der Waals surface area contributed by atoms with Gasteiger partial charge in [-0.05, 0) is 18.2 Å². The Hall–Kier alpha value is -2.88. The van der Waals surface area contributed by atoms with E-state index >= 15 is 0 Å². The molecule has 0 radical (unpaired) electrons. The monoisotopic (exact) mass is 349 g/mol. The lowest BCUT2D eigenvalue weighted by Crippen LogP contribution is -2.29. The van der Waals surface area contributed by atoms with Crippen molar-refractivity contribution < 1.29 is 17.6 Å². The number of amides is 1. The molecule has 3 rings (SSSR count). The molecule has 1 aromatic carbocycles. The number of fused-ring (bicyclic) bond motifs is 1. The van der Waals surface area contributed by atoms with E-state index in [2.05, 4.69) is 15.1 Å². The number of carbonyl (C=O) groups is 1. The van der Waals surface area contributed by atoms with Crippen molar-refractivity contribution in [3.63, 3.8) is 0 Å². The van der Waals surface area contributed by atoms with Crippen LogP contribution < -0.4 is 4.72 Å². The van der Waals surface area contributed by atoms with Gasteiger partial charge in [0.05, 0.1) is 16.5 Å². The zero-order valence-electron chi connectivity index (χ0n) is 12.5. The maximum absolute atomic E-state index is 14.4. The summed E-state index contributed by atoms with van der Waals surface area (Å²) < 4.78 is 41.6. The molecule has 3 aromatic rings. The fraction of sp³-hybridized carbons (Fsp3) is 0.143. The average molecular weight is 349 g/mol. The molecule has 24 heavy (non-hydrogen) atoms. The Bertz CT molecular complexity index is 1030. The highest BCUT2D eigenvalue weighted by molar-refractivity contribution is 7.90. The van der Waals surface area contributed by atoms with Crippen molar-refractivity contribution in [1.29, 1.82) is 0 Å². The van der Waals surface area contributed by atoms with Crippen molar-refractivity contribution in [2.45, 2.75) is 18.2 Å². The Kier molecular flexibility index (Phi) is 3.97. The fourth-order valence-electron chi connectivity index (χ4n) is 2.06. The Morgan fingerprint density at radius 2 is 2.12 bits per heavy atom. The topological polar surface area (TPSA) is 107 Å². The number of rotatable bonds is 4. The summed E-state index contributed by atoms with van der Waals surface area (Å²) in [5, 5.41) is 4.65. The van der Waals surface area contributed by atoms with Crippen LogP contribution in [0.15, 0.2) is 41.8 Å². The maximum Gasteiger partial charge on any atom is 0.264 e. The van der Waals surface area contributed by atoms with Gasteiger partial charge in [0.15, 0.2) is 5.65 Å². The summed E-state index contributed by atoms with van der Waals surface area (Å²) in [5.74, 6) is -1.49. The predicted molar refractivity (Wildman–Crippen MR) is 82.2 cm³/mol. The number of nitrogens with one attached hydrogen (secondary N) is 1. The molecule has 1 N–H and O–H groups in total. The maximum atomic E-state index is 14.4. The second-order valence-corrected chi connectivity index (χ2v) is 6.54. The minimum atomic E-state index is -4.12. The fourth-order valence-corrected chi connectivity index (χ4v) is 3.13. The SMILES string of the molecule is CCC(=O)NS(=O)(=O)c1ccc(-n2ncc3cncnc32)c(F)c1. The Morgan fingerprint density at radius 3 is 2.83 bits per heavy atom. The van der Waals surface area contributed by atoms with E-state index in [1.54, 1.807) is 0 Å². The third-order valence-corrected chi connectivity index (χ3v) is 4.63. The molecule has 0 unspecified atom stereocenters. The number of sulfonamides is 1. The highest BCUT2D eigenvalue weighted by Crippen LogP contribution is 2.21. The number of halogens is 1. The summed E-state index contributed by atoms with van der Waals surface area (Å²) in [4.78, 5) is 18.8. The smallest absolute Gasteiger partial charge is 0.264 e. The van der Waals surface area contributed by atoms with Crippen molar-refractivity contribution >= 4 is 27.0 Å². The molecule has 0 saturated carbocycles. The average Bonchev–Trinajstić information content (AvgIpc) is 2.98. The van der Waals surface area contributed by atoms with Gasteiger partial charge < -0.3 is 0 Å². The van der Waals surface area contributed by atoms with Gasteiger partial charge in [-0.15, -0.1) is 0 Å². The van der Waals surface area contributed by atoms with Gasteiger partial charge in [0.25, 0.3) is 10.0 Å². The van der Waals surface area contributed by atoms with Gasteiger partial charge in [-0.1, -0.05) is 6.92 Å². The van der Waals surface area contributed by atoms with Gasteiger partial charge in [-0.3, -0.25) is 4.79 Å². The molecule has 0 aliphatic carbocycles. The van der Waals surface area contributed by atoms with Crippen LogP contribution in [0.3, 0.4) is 0 Å². The summed E-state index contributed by atoms with van der Waals surface area (Å²) in [7, 11) is -4.12. The van der Waals surface area contributed by atoms with Gasteiger partial charge in [0.1, 0.15) is 17.8 Å². The molecule has 1 amide bonds. The number of hydrogen-bond donors (Lipinski definition) is 1. The number of nitrogens with zero attached hydrogens (tertiary/aromatic N) is 4. The molecule has 8 nitrogen and oxygen atoms in total. The first-order valence-corrected chi connectivity index (χ1v) is 8.40. The predicted octanol–water partition coefficient (Wildman–Crippen LogP) is 1.17. The van der Waals surface area contributed by atoms with Gasteiger partial charge in [-0.25, -0.2) is 32.2 Å². The van der Waals surface area contributed by atoms with Crippen molar-refractivity contribution in [3.05, 3.63) is 42.7 Å². The molecule has 10 heteroatoms. The van der Waals surface area contributed by atoms with Crippen LogP contribution in [0.1, 0.15) is 13.3 Å². The summed E-state index contributed by atoms with van der Waals surface area (Å²) in [6.45, 7) is 1.51. The van der Waals surface area contributed by atoms with Gasteiger partial charge in [-0.2, -0.15) is 5.10 Å². The first kappa shape index (κ1) is 16.0. The van der Waals surface area contributed by atoms with Crippen LogP contribution in [0, 0.1) is 5.82 Å². The Labute approximate surface area is 136 Å². The van der Waals surface area contributed by atoms with Crippen LogP contribution in [0.5, 0.6) is 0 Å². The largest absolute Gasteiger partial charge is 0.274 e. The van der Waals surface area contributed by atoms with E-state index in [-0.39, 0.29) is 17.0 Å². The molecular formula is C14H12FN5O3S. The molecule has 0 fully saturated rings. The van der Waals surface area contributed by atoms with E-state index in [0.717, 1.165) is 6.07 Å². The lowest BCUT2D eigenvalue weighted by molar-refractivity contribution is -0.119. The molecule has 0 saturated heterocycles. The Balaban J connectivity index is 2.03. The minimum Gasteiger partial charge on any atom is -0.274 e. The van der Waals surface area contributed by atoms with Crippen LogP contribution in [0.4, 0.5) is 4.39 Å². The molecule has 0 aliphatic heterocycles. The lowest BCUT2D eigenvalue weighted by Gasteiger charge is -2.08. The van der Waals surface area contributed by atoms with E-state index in [9.17, 15) is 17.6 Å². The zero-order chi connectivity index (χ0) is 17.3. The summed E-state index contributed by atoms with van der Waals surface area (Å²) in [6, 6.07) is 3.28. The third-order valence-electron chi connectivity index (χ3n) is 3.26. The van der Waals surface area contributed by atoms with Crippen LogP contribution in [0.2, 0.25) is 0 Å². The number of aromatic nitrogens is 4. The number of hydrogen-bond acceptors (Lipinski definition) is 6. The number of benzene rings is 1. The van der Waals surface area contributed by atoms with Crippen LogP contribution in [-0.2, 0) is 14.8 Å². The van der Waals surface area contributed by atoms with Crippen LogP contribution >= 0.6 is 0 Å². The quantitative estimate of drug-likeness (QED) is 0.758. The summed E-state index contributed by atoms with van der Waals surface area (Å²) in [5.41, 5.74) is 0.420. The molecule has 0 bridgehead atoms. The first-order valence-electron chi connectivity index (χ1n) is 6.91. The first-order chi connectivity index (χ1) is 11.4. The normalized spacial score (nSPS) is 11.6. The molecule has 2 heterocycles. The highest BCUT2D eigenvalue weighted by Gasteiger charge is 2.19. The molecule has 0 atom stereocenters. The number of carbonyl (C=O) groups excluding carboxylic acids is 1. The second kappa shape index (κ2) is 5.96. The van der Waals surface area contributed by atoms with E-state index in [0.29, 0.717) is 11.0 Å². The van der Waals surface area contributed by atoms with E-state index in [1.165, 1.54) is 42.5 Å². The molecule has 0 spiro atoms. The van der Waals surface area contributed by atoms with Crippen molar-refractivity contribution in [2.24, 2.45) is 0 Å². The summed E-state index contributed by atoms with van der Waals surface area (Å²) >= 11 is 0. The lowest BCUT2D eigenvalue weighted by atomic mass is 10.3. The zero-order valence-corrected chi connectivity index (χ0v) is 13.3. The van der Waals surface area contributed by atoms with E-state index < -0.39 is 21.7 Å². The van der Waals surface area contributed by atoms with Crippen LogP contribution in [-0.4, -0.2) is 34.1 Å². The van der Waals surface area contributed by atoms with Crippen molar-refractivity contribution in [1.82, 2.24) is 24.5 Å². The van der Waals surface area contributed by atoms with Crippen LogP contribution in [0.25, 0.3) is 16.7 Å². The summed E-state index contributed by atoms with van der Waals surface area (Å²) in [6.07, 6.45) is 4.31. The molecular weight excluding hydrogens is 337 g/mol. The second-order valence-electron chi connectivity index (χ2n) is 4.85. The van der Waals surface area contributed by atoms with E-state index in [4.69, 9.17) is 0 Å². The minimum absolute atomic E-state index is 0.00121.